The second kappa shape index (κ2) is 7.57. The molecule has 0 fully saturated rings. The number of halogens is 1. The Morgan fingerprint density at radius 2 is 1.76 bits per heavy atom. The molecule has 0 aliphatic carbocycles. The van der Waals surface area contributed by atoms with Gasteiger partial charge in [-0.15, -0.1) is 0 Å². The van der Waals surface area contributed by atoms with E-state index in [9.17, 15) is 0 Å². The predicted octanol–water partition coefficient (Wildman–Crippen LogP) is 4.35. The maximum atomic E-state index is 6.05. The summed E-state index contributed by atoms with van der Waals surface area (Å²) in [6.45, 7) is 8.68. The van der Waals surface area contributed by atoms with Gasteiger partial charge in [0.15, 0.2) is 0 Å². The van der Waals surface area contributed by atoms with E-state index in [1.807, 2.05) is 12.1 Å². The lowest BCUT2D eigenvalue weighted by Crippen LogP contribution is -2.31. The first-order valence-corrected chi connectivity index (χ1v) is 6.89. The highest BCUT2D eigenvalue weighted by Gasteiger charge is 2.06. The van der Waals surface area contributed by atoms with Crippen molar-refractivity contribution in [3.63, 3.8) is 0 Å². The highest BCUT2D eigenvalue weighted by Crippen LogP contribution is 2.22. The molecule has 96 valence electrons. The van der Waals surface area contributed by atoms with Crippen molar-refractivity contribution in [1.82, 2.24) is 5.01 Å². The van der Waals surface area contributed by atoms with Gasteiger partial charge in [-0.1, -0.05) is 38.4 Å². The van der Waals surface area contributed by atoms with Crippen LogP contribution in [0.2, 0.25) is 5.02 Å². The molecule has 0 unspecified atom stereocenters. The van der Waals surface area contributed by atoms with Gasteiger partial charge in [0, 0.05) is 18.1 Å². The molecule has 1 N–H and O–H groups in total. The minimum atomic E-state index is 0.789. The molecule has 1 aromatic rings. The van der Waals surface area contributed by atoms with Gasteiger partial charge in [-0.05, 0) is 37.0 Å². The molecule has 2 nitrogen and oxygen atoms in total. The molecule has 0 radical (unpaired) electrons. The third-order valence-corrected chi connectivity index (χ3v) is 2.95. The summed E-state index contributed by atoms with van der Waals surface area (Å²) in [7, 11) is 0. The third kappa shape index (κ3) is 4.57. The predicted molar refractivity (Wildman–Crippen MR) is 76.6 cm³/mol. The van der Waals surface area contributed by atoms with Crippen molar-refractivity contribution >= 4 is 17.3 Å². The number of benzene rings is 1. The van der Waals surface area contributed by atoms with E-state index in [-0.39, 0.29) is 0 Å². The van der Waals surface area contributed by atoms with E-state index in [0.717, 1.165) is 43.1 Å². The normalized spacial score (nSPS) is 10.9. The van der Waals surface area contributed by atoms with Gasteiger partial charge in [0.2, 0.25) is 0 Å². The Hall–Kier alpha value is -0.730. The van der Waals surface area contributed by atoms with Crippen LogP contribution in [0.5, 0.6) is 0 Å². The molecule has 0 aliphatic rings. The summed E-state index contributed by atoms with van der Waals surface area (Å²) in [5, 5.41) is 3.06. The van der Waals surface area contributed by atoms with Crippen molar-refractivity contribution in [3.05, 3.63) is 28.8 Å². The Kier molecular flexibility index (Phi) is 6.38. The summed E-state index contributed by atoms with van der Waals surface area (Å²) < 4.78 is 0. The Morgan fingerprint density at radius 3 is 2.29 bits per heavy atom. The molecule has 0 bridgehead atoms. The summed E-state index contributed by atoms with van der Waals surface area (Å²) in [6.07, 6.45) is 3.32. The Bertz CT molecular complexity index is 333. The van der Waals surface area contributed by atoms with E-state index in [2.05, 4.69) is 37.3 Å². The lowest BCUT2D eigenvalue weighted by atomic mass is 10.1. The number of aryl methyl sites for hydroxylation is 1. The first-order valence-electron chi connectivity index (χ1n) is 6.51. The van der Waals surface area contributed by atoms with Crippen LogP contribution in [0.1, 0.15) is 39.2 Å². The quantitative estimate of drug-likeness (QED) is 0.728. The number of hydrogen-bond donors (Lipinski definition) is 1. The van der Waals surface area contributed by atoms with Crippen molar-refractivity contribution in [2.75, 3.05) is 18.5 Å². The highest BCUT2D eigenvalue weighted by atomic mass is 35.5. The molecule has 0 saturated heterocycles. The fourth-order valence-electron chi connectivity index (χ4n) is 1.89. The molecule has 0 heterocycles. The largest absolute Gasteiger partial charge is 0.319 e. The van der Waals surface area contributed by atoms with Gasteiger partial charge in [-0.2, -0.15) is 0 Å². The van der Waals surface area contributed by atoms with E-state index >= 15 is 0 Å². The van der Waals surface area contributed by atoms with E-state index in [1.165, 1.54) is 5.56 Å². The SMILES string of the molecule is CCCN(CCC)Nc1cc(Cl)ccc1CC. The van der Waals surface area contributed by atoms with Crippen LogP contribution >= 0.6 is 11.6 Å². The average molecular weight is 255 g/mol. The summed E-state index contributed by atoms with van der Waals surface area (Å²) in [4.78, 5) is 0. The lowest BCUT2D eigenvalue weighted by Gasteiger charge is -2.24. The van der Waals surface area contributed by atoms with E-state index in [4.69, 9.17) is 11.6 Å². The molecule has 17 heavy (non-hydrogen) atoms. The average Bonchev–Trinajstić information content (AvgIpc) is 2.30. The fraction of sp³-hybridized carbons (Fsp3) is 0.571. The minimum absolute atomic E-state index is 0.789. The second-order valence-electron chi connectivity index (χ2n) is 4.25. The fourth-order valence-corrected chi connectivity index (χ4v) is 2.07. The van der Waals surface area contributed by atoms with Crippen molar-refractivity contribution < 1.29 is 0 Å². The van der Waals surface area contributed by atoms with Crippen LogP contribution in [0.4, 0.5) is 5.69 Å². The number of nitrogens with one attached hydrogen (secondary N) is 1. The Morgan fingerprint density at radius 1 is 1.12 bits per heavy atom. The zero-order valence-electron chi connectivity index (χ0n) is 11.1. The van der Waals surface area contributed by atoms with Crippen LogP contribution in [0.3, 0.4) is 0 Å². The van der Waals surface area contributed by atoms with Gasteiger partial charge in [-0.25, -0.2) is 5.01 Å². The molecule has 0 amide bonds. The van der Waals surface area contributed by atoms with Gasteiger partial charge in [0.1, 0.15) is 0 Å². The number of nitrogens with zero attached hydrogens (tertiary/aromatic N) is 1. The topological polar surface area (TPSA) is 15.3 Å². The van der Waals surface area contributed by atoms with Gasteiger partial charge < -0.3 is 5.43 Å². The molecule has 0 aliphatic heterocycles. The van der Waals surface area contributed by atoms with Gasteiger partial charge in [0.05, 0.1) is 5.69 Å². The molecule has 0 spiro atoms. The van der Waals surface area contributed by atoms with Gasteiger partial charge in [-0.3, -0.25) is 0 Å². The van der Waals surface area contributed by atoms with Crippen molar-refractivity contribution in [1.29, 1.82) is 0 Å². The minimum Gasteiger partial charge on any atom is -0.319 e. The monoisotopic (exact) mass is 254 g/mol. The second-order valence-corrected chi connectivity index (χ2v) is 4.69. The molecule has 3 heteroatoms. The van der Waals surface area contributed by atoms with Gasteiger partial charge >= 0.3 is 0 Å². The summed E-state index contributed by atoms with van der Waals surface area (Å²) in [5.41, 5.74) is 5.94. The van der Waals surface area contributed by atoms with E-state index in [0.29, 0.717) is 0 Å². The van der Waals surface area contributed by atoms with Gasteiger partial charge in [0.25, 0.3) is 0 Å². The zero-order chi connectivity index (χ0) is 12.7. The van der Waals surface area contributed by atoms with Crippen LogP contribution in [0.15, 0.2) is 18.2 Å². The third-order valence-electron chi connectivity index (χ3n) is 2.72. The lowest BCUT2D eigenvalue weighted by molar-refractivity contribution is 0.330. The van der Waals surface area contributed by atoms with Crippen LogP contribution < -0.4 is 5.43 Å². The van der Waals surface area contributed by atoms with Crippen molar-refractivity contribution in [2.45, 2.75) is 40.0 Å². The molecule has 0 aromatic heterocycles. The Labute approximate surface area is 110 Å². The maximum absolute atomic E-state index is 6.05. The van der Waals surface area contributed by atoms with Crippen molar-refractivity contribution in [3.8, 4) is 0 Å². The molecule has 1 aromatic carbocycles. The highest BCUT2D eigenvalue weighted by molar-refractivity contribution is 6.30. The number of rotatable bonds is 7. The first kappa shape index (κ1) is 14.3. The van der Waals surface area contributed by atoms with Crippen LogP contribution in [0.25, 0.3) is 0 Å². The summed E-state index contributed by atoms with van der Waals surface area (Å²) in [5.74, 6) is 0. The summed E-state index contributed by atoms with van der Waals surface area (Å²) in [6, 6.07) is 6.06. The molecule has 0 saturated carbocycles. The summed E-state index contributed by atoms with van der Waals surface area (Å²) >= 11 is 6.05. The smallest absolute Gasteiger partial charge is 0.0536 e. The number of hydrazine groups is 1. The molecular weight excluding hydrogens is 232 g/mol. The van der Waals surface area contributed by atoms with Crippen molar-refractivity contribution in [2.24, 2.45) is 0 Å². The molecular formula is C14H23ClN2. The van der Waals surface area contributed by atoms with Crippen LogP contribution in [-0.4, -0.2) is 18.1 Å². The van der Waals surface area contributed by atoms with E-state index in [1.54, 1.807) is 0 Å². The van der Waals surface area contributed by atoms with Crippen LogP contribution in [-0.2, 0) is 6.42 Å². The number of anilines is 1. The Balaban J connectivity index is 2.79. The standard InChI is InChI=1S/C14H23ClN2/c1-4-9-17(10-5-2)16-14-11-13(15)8-7-12(14)6-3/h7-8,11,16H,4-6,9-10H2,1-3H3. The zero-order valence-corrected chi connectivity index (χ0v) is 11.8. The maximum Gasteiger partial charge on any atom is 0.0536 e. The van der Waals surface area contributed by atoms with Crippen LogP contribution in [0, 0.1) is 0 Å². The molecule has 0 atom stereocenters. The first-order chi connectivity index (χ1) is 8.21. The molecule has 1 rings (SSSR count). The van der Waals surface area contributed by atoms with E-state index < -0.39 is 0 Å². The number of hydrogen-bond acceptors (Lipinski definition) is 2.